The van der Waals surface area contributed by atoms with Crippen molar-refractivity contribution in [2.45, 2.75) is 12.5 Å². The van der Waals surface area contributed by atoms with Crippen molar-refractivity contribution in [3.63, 3.8) is 0 Å². The Morgan fingerprint density at radius 1 is 1.23 bits per heavy atom. The standard InChI is InChI=1S/C21H23N5O4/c1-4-18(27)25-8-7-14(12-25)26-20(22)19(21(23)28)17(24-26)6-5-13-9-15(29-2)11-16(10-13)30-3/h4,9-11,14H,1,7-8,12,22H2,2-3H3,(H2,23,28)/t14-/m1/s1. The minimum absolute atomic E-state index is 0.0610. The molecule has 0 saturated carbocycles. The molecule has 1 aliphatic heterocycles. The summed E-state index contributed by atoms with van der Waals surface area (Å²) in [5, 5.41) is 4.42. The summed E-state index contributed by atoms with van der Waals surface area (Å²) in [7, 11) is 3.09. The average Bonchev–Trinajstić information content (AvgIpc) is 3.35. The van der Waals surface area contributed by atoms with Crippen LogP contribution in [0.4, 0.5) is 5.82 Å². The van der Waals surface area contributed by atoms with E-state index >= 15 is 0 Å². The van der Waals surface area contributed by atoms with Crippen LogP contribution in [0.3, 0.4) is 0 Å². The molecule has 1 aromatic heterocycles. The number of anilines is 1. The molecule has 2 amide bonds. The number of nitrogens with zero attached hydrogens (tertiary/aromatic N) is 3. The molecule has 1 aromatic carbocycles. The van der Waals surface area contributed by atoms with Gasteiger partial charge >= 0.3 is 0 Å². The summed E-state index contributed by atoms with van der Waals surface area (Å²) < 4.78 is 12.0. The normalized spacial score (nSPS) is 15.3. The van der Waals surface area contributed by atoms with Crippen molar-refractivity contribution in [1.82, 2.24) is 14.7 Å². The number of benzene rings is 1. The van der Waals surface area contributed by atoms with Crippen LogP contribution in [0, 0.1) is 11.8 Å². The van der Waals surface area contributed by atoms with Gasteiger partial charge in [-0.3, -0.25) is 9.59 Å². The Labute approximate surface area is 174 Å². The number of carbonyl (C=O) groups excluding carboxylic acids is 2. The molecule has 2 aromatic rings. The first-order chi connectivity index (χ1) is 14.4. The number of methoxy groups -OCH3 is 2. The third kappa shape index (κ3) is 4.07. The zero-order chi connectivity index (χ0) is 21.8. The highest BCUT2D eigenvalue weighted by molar-refractivity contribution is 5.99. The van der Waals surface area contributed by atoms with Gasteiger partial charge in [-0.1, -0.05) is 12.5 Å². The van der Waals surface area contributed by atoms with Crippen molar-refractivity contribution < 1.29 is 19.1 Å². The molecule has 0 spiro atoms. The number of aromatic nitrogens is 2. The minimum Gasteiger partial charge on any atom is -0.497 e. The number of carbonyl (C=O) groups is 2. The Morgan fingerprint density at radius 3 is 2.47 bits per heavy atom. The topological polar surface area (TPSA) is 126 Å². The van der Waals surface area contributed by atoms with Crippen LogP contribution in [0.2, 0.25) is 0 Å². The summed E-state index contributed by atoms with van der Waals surface area (Å²) in [6.07, 6.45) is 1.91. The van der Waals surface area contributed by atoms with Crippen LogP contribution in [0.25, 0.3) is 0 Å². The lowest BCUT2D eigenvalue weighted by Crippen LogP contribution is -2.27. The molecular weight excluding hydrogens is 386 g/mol. The lowest BCUT2D eigenvalue weighted by Gasteiger charge is -2.15. The van der Waals surface area contributed by atoms with E-state index in [2.05, 4.69) is 23.5 Å². The molecule has 4 N–H and O–H groups in total. The second-order valence-corrected chi connectivity index (χ2v) is 6.70. The van der Waals surface area contributed by atoms with Gasteiger partial charge in [-0.2, -0.15) is 5.10 Å². The molecule has 3 rings (SSSR count). The second kappa shape index (κ2) is 8.61. The monoisotopic (exact) mass is 409 g/mol. The first-order valence-electron chi connectivity index (χ1n) is 9.22. The molecule has 9 heteroatoms. The molecule has 1 saturated heterocycles. The van der Waals surface area contributed by atoms with Gasteiger partial charge in [-0.25, -0.2) is 4.68 Å². The van der Waals surface area contributed by atoms with Crippen LogP contribution >= 0.6 is 0 Å². The van der Waals surface area contributed by atoms with E-state index in [0.717, 1.165) is 0 Å². The molecule has 0 radical (unpaired) electrons. The second-order valence-electron chi connectivity index (χ2n) is 6.70. The van der Waals surface area contributed by atoms with Crippen molar-refractivity contribution >= 4 is 17.6 Å². The number of ether oxygens (including phenoxy) is 2. The molecule has 30 heavy (non-hydrogen) atoms. The molecule has 9 nitrogen and oxygen atoms in total. The summed E-state index contributed by atoms with van der Waals surface area (Å²) in [5.41, 5.74) is 12.5. The predicted octanol–water partition coefficient (Wildman–Crippen LogP) is 0.941. The van der Waals surface area contributed by atoms with Gasteiger partial charge in [0.05, 0.1) is 20.3 Å². The van der Waals surface area contributed by atoms with Crippen LogP contribution in [0.15, 0.2) is 30.9 Å². The Morgan fingerprint density at radius 2 is 1.90 bits per heavy atom. The van der Waals surface area contributed by atoms with Crippen LogP contribution < -0.4 is 20.9 Å². The number of primary amides is 1. The van der Waals surface area contributed by atoms with Gasteiger partial charge in [-0.15, -0.1) is 0 Å². The zero-order valence-corrected chi connectivity index (χ0v) is 16.8. The van der Waals surface area contributed by atoms with Crippen LogP contribution in [-0.4, -0.2) is 53.8 Å². The van der Waals surface area contributed by atoms with Gasteiger partial charge in [0.15, 0.2) is 5.69 Å². The largest absolute Gasteiger partial charge is 0.497 e. The van der Waals surface area contributed by atoms with E-state index in [1.165, 1.54) is 10.8 Å². The Kier molecular flexibility index (Phi) is 5.97. The smallest absolute Gasteiger partial charge is 0.255 e. The molecule has 1 atom stereocenters. The number of hydrogen-bond donors (Lipinski definition) is 2. The molecule has 1 fully saturated rings. The molecule has 0 aliphatic carbocycles. The SMILES string of the molecule is C=CC(=O)N1CC[C@@H](n2nc(C#Cc3cc(OC)cc(OC)c3)c(C(N)=O)c2N)C1. The number of likely N-dealkylation sites (tertiary alicyclic amines) is 1. The summed E-state index contributed by atoms with van der Waals surface area (Å²) >= 11 is 0. The summed E-state index contributed by atoms with van der Waals surface area (Å²) in [6, 6.07) is 5.01. The van der Waals surface area contributed by atoms with Gasteiger partial charge in [0, 0.05) is 24.7 Å². The van der Waals surface area contributed by atoms with Gasteiger partial charge in [0.2, 0.25) is 5.91 Å². The van der Waals surface area contributed by atoms with E-state index in [1.807, 2.05) is 0 Å². The van der Waals surface area contributed by atoms with E-state index < -0.39 is 5.91 Å². The van der Waals surface area contributed by atoms with E-state index in [4.69, 9.17) is 20.9 Å². The average molecular weight is 409 g/mol. The van der Waals surface area contributed by atoms with Crippen LogP contribution in [0.5, 0.6) is 11.5 Å². The molecule has 1 aliphatic rings. The molecule has 2 heterocycles. The first-order valence-corrected chi connectivity index (χ1v) is 9.22. The third-order valence-electron chi connectivity index (χ3n) is 4.87. The fourth-order valence-electron chi connectivity index (χ4n) is 3.34. The predicted molar refractivity (Wildman–Crippen MR) is 111 cm³/mol. The van der Waals surface area contributed by atoms with Crippen LogP contribution in [0.1, 0.15) is 34.1 Å². The van der Waals surface area contributed by atoms with E-state index in [9.17, 15) is 9.59 Å². The van der Waals surface area contributed by atoms with Gasteiger partial charge in [0.25, 0.3) is 5.91 Å². The van der Waals surface area contributed by atoms with E-state index in [0.29, 0.717) is 36.6 Å². The Bertz CT molecular complexity index is 1040. The minimum atomic E-state index is -0.719. The maximum atomic E-state index is 12.0. The summed E-state index contributed by atoms with van der Waals surface area (Å²) in [4.78, 5) is 25.5. The van der Waals surface area contributed by atoms with E-state index in [-0.39, 0.29) is 29.0 Å². The summed E-state index contributed by atoms with van der Waals surface area (Å²) in [6.45, 7) is 4.46. The molecular formula is C21H23N5O4. The van der Waals surface area contributed by atoms with Crippen molar-refractivity contribution in [2.24, 2.45) is 5.73 Å². The summed E-state index contributed by atoms with van der Waals surface area (Å²) in [5.74, 6) is 6.23. The lowest BCUT2D eigenvalue weighted by atomic mass is 10.1. The van der Waals surface area contributed by atoms with Crippen molar-refractivity contribution in [1.29, 1.82) is 0 Å². The van der Waals surface area contributed by atoms with Crippen molar-refractivity contribution in [2.75, 3.05) is 33.0 Å². The fourth-order valence-corrected chi connectivity index (χ4v) is 3.34. The molecule has 156 valence electrons. The number of nitrogen functional groups attached to an aromatic ring is 1. The number of amides is 2. The van der Waals surface area contributed by atoms with Gasteiger partial charge < -0.3 is 25.8 Å². The van der Waals surface area contributed by atoms with Crippen molar-refractivity contribution in [3.05, 3.63) is 47.7 Å². The highest BCUT2D eigenvalue weighted by atomic mass is 16.5. The van der Waals surface area contributed by atoms with Gasteiger partial charge in [-0.05, 0) is 30.6 Å². The molecule has 0 unspecified atom stereocenters. The number of hydrogen-bond acceptors (Lipinski definition) is 6. The quantitative estimate of drug-likeness (QED) is 0.559. The highest BCUT2D eigenvalue weighted by Crippen LogP contribution is 2.27. The van der Waals surface area contributed by atoms with Gasteiger partial charge in [0.1, 0.15) is 22.9 Å². The van der Waals surface area contributed by atoms with Crippen LogP contribution in [-0.2, 0) is 4.79 Å². The zero-order valence-electron chi connectivity index (χ0n) is 16.8. The van der Waals surface area contributed by atoms with Crippen molar-refractivity contribution in [3.8, 4) is 23.3 Å². The number of rotatable bonds is 5. The first kappa shape index (κ1) is 20.8. The highest BCUT2D eigenvalue weighted by Gasteiger charge is 2.30. The third-order valence-corrected chi connectivity index (χ3v) is 4.87. The molecule has 0 bridgehead atoms. The number of nitrogens with two attached hydrogens (primary N) is 2. The fraction of sp³-hybridized carbons (Fsp3) is 0.286. The maximum Gasteiger partial charge on any atom is 0.255 e. The Balaban J connectivity index is 1.97. The van der Waals surface area contributed by atoms with E-state index in [1.54, 1.807) is 37.3 Å². The Hall–Kier alpha value is -3.93. The lowest BCUT2D eigenvalue weighted by molar-refractivity contribution is -0.125. The maximum absolute atomic E-state index is 12.0.